The Labute approximate surface area is 159 Å². The highest BCUT2D eigenvalue weighted by atomic mass is 79.9. The van der Waals surface area contributed by atoms with Gasteiger partial charge in [0.2, 0.25) is 0 Å². The number of carbonyl (C=O) groups is 1. The van der Waals surface area contributed by atoms with Gasteiger partial charge in [0, 0.05) is 18.8 Å². The first-order valence-electron chi connectivity index (χ1n) is 10.4. The summed E-state index contributed by atoms with van der Waals surface area (Å²) in [4.78, 5) is 13.6. The van der Waals surface area contributed by atoms with Gasteiger partial charge in [-0.3, -0.25) is 4.79 Å². The molecule has 0 amide bonds. The molecular weight excluding hydrogens is 380 g/mol. The van der Waals surface area contributed by atoms with Crippen molar-refractivity contribution in [2.75, 3.05) is 13.2 Å². The van der Waals surface area contributed by atoms with Crippen LogP contribution in [0.2, 0.25) is 0 Å². The molecule has 140 valence electrons. The second kappa shape index (κ2) is 5.54. The highest BCUT2D eigenvalue weighted by Crippen LogP contribution is 2.67. The van der Waals surface area contributed by atoms with Crippen LogP contribution in [0.3, 0.4) is 0 Å². The Balaban J connectivity index is 1.49. The van der Waals surface area contributed by atoms with Crippen LogP contribution in [0, 0.1) is 34.5 Å². The standard InChI is InChI=1S/C21H31BrO3/c1-19-8-9-21(24-10-11-25-21)12-13(19)5-6-14-15-4-3-7-20(15,2)18(22)17(23)16(14)19/h13-16,18H,3-12H2,1-2H3. The van der Waals surface area contributed by atoms with E-state index in [0.29, 0.717) is 17.6 Å². The summed E-state index contributed by atoms with van der Waals surface area (Å²) in [5, 5.41) is 0. The number of hydrogen-bond donors (Lipinski definition) is 0. The molecular formula is C21H31BrO3. The Morgan fingerprint density at radius 1 is 1.00 bits per heavy atom. The summed E-state index contributed by atoms with van der Waals surface area (Å²) in [5.41, 5.74) is 0.325. The van der Waals surface area contributed by atoms with Crippen molar-refractivity contribution in [3.63, 3.8) is 0 Å². The van der Waals surface area contributed by atoms with Crippen molar-refractivity contribution in [1.29, 1.82) is 0 Å². The number of ether oxygens (including phenoxy) is 2. The molecule has 4 aliphatic carbocycles. The van der Waals surface area contributed by atoms with Crippen molar-refractivity contribution in [2.45, 2.75) is 75.8 Å². The van der Waals surface area contributed by atoms with Crippen molar-refractivity contribution >= 4 is 21.7 Å². The highest BCUT2D eigenvalue weighted by molar-refractivity contribution is 9.10. The van der Waals surface area contributed by atoms with Gasteiger partial charge in [-0.1, -0.05) is 36.2 Å². The Kier molecular flexibility index (Phi) is 3.81. The number of hydrogen-bond acceptors (Lipinski definition) is 3. The topological polar surface area (TPSA) is 35.5 Å². The molecule has 5 fully saturated rings. The van der Waals surface area contributed by atoms with Gasteiger partial charge in [-0.05, 0) is 60.7 Å². The Hall–Kier alpha value is 0.0700. The molecule has 5 aliphatic rings. The zero-order valence-corrected chi connectivity index (χ0v) is 17.1. The normalized spacial score (nSPS) is 54.2. The van der Waals surface area contributed by atoms with Crippen LogP contribution in [0.25, 0.3) is 0 Å². The Morgan fingerprint density at radius 2 is 1.76 bits per heavy atom. The quantitative estimate of drug-likeness (QED) is 0.542. The van der Waals surface area contributed by atoms with E-state index in [9.17, 15) is 4.79 Å². The number of Topliss-reactive ketones (excluding diaryl/α,β-unsaturated/α-hetero) is 1. The summed E-state index contributed by atoms with van der Waals surface area (Å²) in [6, 6.07) is 0. The third-order valence-corrected chi connectivity index (χ3v) is 10.6. The number of ketones is 1. The van der Waals surface area contributed by atoms with Gasteiger partial charge in [0.1, 0.15) is 0 Å². The largest absolute Gasteiger partial charge is 0.348 e. The molecule has 0 aromatic heterocycles. The fraction of sp³-hybridized carbons (Fsp3) is 0.952. The van der Waals surface area contributed by atoms with Gasteiger partial charge < -0.3 is 9.47 Å². The number of alkyl halides is 1. The molecule has 4 saturated carbocycles. The maximum atomic E-state index is 13.6. The van der Waals surface area contributed by atoms with E-state index < -0.39 is 0 Å². The molecule has 1 saturated heterocycles. The minimum Gasteiger partial charge on any atom is -0.348 e. The van der Waals surface area contributed by atoms with Gasteiger partial charge >= 0.3 is 0 Å². The maximum absolute atomic E-state index is 13.6. The average Bonchev–Trinajstić information content (AvgIpc) is 3.21. The first-order chi connectivity index (χ1) is 11.9. The van der Waals surface area contributed by atoms with Crippen molar-refractivity contribution in [2.24, 2.45) is 34.5 Å². The zero-order chi connectivity index (χ0) is 17.4. The van der Waals surface area contributed by atoms with Crippen LogP contribution in [0.1, 0.15) is 65.2 Å². The van der Waals surface area contributed by atoms with Crippen LogP contribution in [0.4, 0.5) is 0 Å². The van der Waals surface area contributed by atoms with Crippen LogP contribution in [0.15, 0.2) is 0 Å². The summed E-state index contributed by atoms with van der Waals surface area (Å²) in [6.07, 6.45) is 9.35. The lowest BCUT2D eigenvalue weighted by Crippen LogP contribution is -2.61. The predicted octanol–water partition coefficient (Wildman–Crippen LogP) is 4.71. The number of carbonyl (C=O) groups excluding carboxylic acids is 1. The molecule has 7 atom stereocenters. The van der Waals surface area contributed by atoms with Gasteiger partial charge in [0.05, 0.1) is 18.0 Å². The summed E-state index contributed by atoms with van der Waals surface area (Å²) in [7, 11) is 0. The number of rotatable bonds is 0. The van der Waals surface area contributed by atoms with E-state index in [1.807, 2.05) is 0 Å². The highest BCUT2D eigenvalue weighted by Gasteiger charge is 2.65. The van der Waals surface area contributed by atoms with Gasteiger partial charge in [-0.25, -0.2) is 0 Å². The van der Waals surface area contributed by atoms with E-state index in [1.165, 1.54) is 32.1 Å². The molecule has 0 N–H and O–H groups in total. The van der Waals surface area contributed by atoms with Gasteiger partial charge in [-0.2, -0.15) is 0 Å². The predicted molar refractivity (Wildman–Crippen MR) is 99.5 cm³/mol. The Bertz CT molecular complexity index is 586. The molecule has 25 heavy (non-hydrogen) atoms. The first kappa shape index (κ1) is 17.2. The second-order valence-electron chi connectivity index (χ2n) is 10.0. The van der Waals surface area contributed by atoms with Crippen LogP contribution in [-0.4, -0.2) is 29.6 Å². The molecule has 0 bridgehead atoms. The van der Waals surface area contributed by atoms with Crippen LogP contribution in [0.5, 0.6) is 0 Å². The lowest BCUT2D eigenvalue weighted by Gasteiger charge is -2.61. The lowest BCUT2D eigenvalue weighted by atomic mass is 9.44. The molecule has 0 aromatic carbocycles. The van der Waals surface area contributed by atoms with Gasteiger partial charge in [-0.15, -0.1) is 0 Å². The number of fused-ring (bicyclic) bond motifs is 5. The third kappa shape index (κ3) is 2.20. The zero-order valence-electron chi connectivity index (χ0n) is 15.6. The van der Waals surface area contributed by atoms with Crippen LogP contribution in [-0.2, 0) is 14.3 Å². The molecule has 1 spiro atoms. The monoisotopic (exact) mass is 410 g/mol. The van der Waals surface area contributed by atoms with E-state index in [0.717, 1.165) is 38.4 Å². The molecule has 3 nitrogen and oxygen atoms in total. The van der Waals surface area contributed by atoms with Gasteiger partial charge in [0.15, 0.2) is 11.6 Å². The van der Waals surface area contributed by atoms with E-state index >= 15 is 0 Å². The first-order valence-corrected chi connectivity index (χ1v) is 11.3. The molecule has 1 aliphatic heterocycles. The molecule has 7 unspecified atom stereocenters. The minimum atomic E-state index is -0.329. The molecule has 4 heteroatoms. The molecule has 0 radical (unpaired) electrons. The van der Waals surface area contributed by atoms with Crippen LogP contribution < -0.4 is 0 Å². The fourth-order valence-corrected chi connectivity index (χ4v) is 8.57. The smallest absolute Gasteiger partial charge is 0.168 e. The van der Waals surface area contributed by atoms with Crippen molar-refractivity contribution in [1.82, 2.24) is 0 Å². The number of halogens is 1. The molecule has 5 rings (SSSR count). The van der Waals surface area contributed by atoms with E-state index in [2.05, 4.69) is 29.8 Å². The van der Waals surface area contributed by atoms with E-state index in [1.54, 1.807) is 0 Å². The average molecular weight is 411 g/mol. The molecule has 0 aromatic rings. The van der Waals surface area contributed by atoms with Gasteiger partial charge in [0.25, 0.3) is 0 Å². The summed E-state index contributed by atoms with van der Waals surface area (Å²) in [6.45, 7) is 6.27. The minimum absolute atomic E-state index is 0.0548. The van der Waals surface area contributed by atoms with E-state index in [4.69, 9.17) is 9.47 Å². The van der Waals surface area contributed by atoms with Crippen molar-refractivity contribution in [3.05, 3.63) is 0 Å². The lowest BCUT2D eigenvalue weighted by molar-refractivity contribution is -0.226. The fourth-order valence-electron chi connectivity index (χ4n) is 7.71. The Morgan fingerprint density at radius 3 is 2.52 bits per heavy atom. The molecule has 1 heterocycles. The second-order valence-corrected chi connectivity index (χ2v) is 10.9. The van der Waals surface area contributed by atoms with E-state index in [-0.39, 0.29) is 27.4 Å². The summed E-state index contributed by atoms with van der Waals surface area (Å²) >= 11 is 3.88. The SMILES string of the molecule is CC12CCCC1C1CCC3CC4(CCC3(C)C1C(=O)C2Br)OCCO4. The van der Waals surface area contributed by atoms with Crippen LogP contribution >= 0.6 is 15.9 Å². The third-order valence-electron chi connectivity index (χ3n) is 9.07. The summed E-state index contributed by atoms with van der Waals surface area (Å²) in [5.74, 6) is 2.33. The maximum Gasteiger partial charge on any atom is 0.168 e. The summed E-state index contributed by atoms with van der Waals surface area (Å²) < 4.78 is 12.1. The van der Waals surface area contributed by atoms with Crippen molar-refractivity contribution in [3.8, 4) is 0 Å². The van der Waals surface area contributed by atoms with Crippen molar-refractivity contribution < 1.29 is 14.3 Å².